The first kappa shape index (κ1) is 25.5. The summed E-state index contributed by atoms with van der Waals surface area (Å²) in [5.41, 5.74) is 1.62. The summed E-state index contributed by atoms with van der Waals surface area (Å²) in [7, 11) is 0. The highest BCUT2D eigenvalue weighted by molar-refractivity contribution is 6.32. The average Bonchev–Trinajstić information content (AvgIpc) is 3.46. The Labute approximate surface area is 210 Å². The lowest BCUT2D eigenvalue weighted by atomic mass is 10.0. The number of aliphatic hydroxyl groups excluding tert-OH is 1. The van der Waals surface area contributed by atoms with Crippen molar-refractivity contribution in [2.75, 3.05) is 26.3 Å². The number of rotatable bonds is 12. The van der Waals surface area contributed by atoms with Crippen LogP contribution in [0.2, 0.25) is 5.02 Å². The second-order valence-corrected chi connectivity index (χ2v) is 9.92. The predicted molar refractivity (Wildman–Crippen MR) is 136 cm³/mol. The number of amides is 1. The topological polar surface area (TPSA) is 99.9 Å². The van der Waals surface area contributed by atoms with Gasteiger partial charge in [0.25, 0.3) is 5.56 Å². The first-order valence-electron chi connectivity index (χ1n) is 12.7. The normalized spacial score (nSPS) is 14.9. The van der Waals surface area contributed by atoms with Crippen LogP contribution >= 0.6 is 11.6 Å². The van der Waals surface area contributed by atoms with E-state index in [-0.39, 0.29) is 18.1 Å². The summed E-state index contributed by atoms with van der Waals surface area (Å²) in [6, 6.07) is 3.62. The van der Waals surface area contributed by atoms with Gasteiger partial charge in [-0.25, -0.2) is 4.99 Å². The van der Waals surface area contributed by atoms with Gasteiger partial charge in [-0.3, -0.25) is 14.6 Å². The fraction of sp³-hybridized carbons (Fsp3) is 0.577. The molecule has 0 bridgehead atoms. The molecule has 9 heteroatoms. The van der Waals surface area contributed by atoms with E-state index in [1.165, 1.54) is 32.1 Å². The lowest BCUT2D eigenvalue weighted by molar-refractivity contribution is -0.132. The minimum Gasteiger partial charge on any atom is -0.490 e. The van der Waals surface area contributed by atoms with Crippen molar-refractivity contribution < 1.29 is 14.6 Å². The predicted octanol–water partition coefficient (Wildman–Crippen LogP) is 2.89. The van der Waals surface area contributed by atoms with Gasteiger partial charge in [0.1, 0.15) is 11.0 Å². The summed E-state index contributed by atoms with van der Waals surface area (Å²) in [6.07, 6.45) is 9.64. The van der Waals surface area contributed by atoms with Crippen molar-refractivity contribution in [1.82, 2.24) is 14.5 Å². The lowest BCUT2D eigenvalue weighted by Gasteiger charge is -2.22. The molecule has 2 N–H and O–H groups in total. The summed E-state index contributed by atoms with van der Waals surface area (Å²) in [5, 5.41) is 10.2. The van der Waals surface area contributed by atoms with Gasteiger partial charge in [-0.15, -0.1) is 0 Å². The second kappa shape index (κ2) is 11.9. The number of aromatic amines is 1. The third-order valence-corrected chi connectivity index (χ3v) is 7.35. The Morgan fingerprint density at radius 3 is 2.83 bits per heavy atom. The Balaban J connectivity index is 1.29. The number of H-pyrrole nitrogens is 1. The maximum atomic E-state index is 12.7. The summed E-state index contributed by atoms with van der Waals surface area (Å²) in [5.74, 6) is 1.35. The van der Waals surface area contributed by atoms with Gasteiger partial charge in [-0.05, 0) is 24.8 Å². The number of hydrogen-bond donors (Lipinski definition) is 2. The van der Waals surface area contributed by atoms with Crippen LogP contribution in [0, 0.1) is 5.92 Å². The van der Waals surface area contributed by atoms with Crippen LogP contribution in [0.5, 0.6) is 5.75 Å². The molecule has 2 aliphatic rings. The number of carbonyl (C=O) groups excluding carboxylic acids is 1. The molecule has 0 spiro atoms. The Hall–Kier alpha value is -2.58. The zero-order chi connectivity index (χ0) is 24.8. The van der Waals surface area contributed by atoms with Crippen LogP contribution in [0.3, 0.4) is 0 Å². The van der Waals surface area contributed by atoms with Crippen molar-refractivity contribution in [3.05, 3.63) is 44.0 Å². The number of imidazole rings is 1. The van der Waals surface area contributed by atoms with E-state index in [1.54, 1.807) is 15.5 Å². The molecule has 0 unspecified atom stereocenters. The molecule has 1 saturated carbocycles. The quantitative estimate of drug-likeness (QED) is 0.372. The summed E-state index contributed by atoms with van der Waals surface area (Å²) in [4.78, 5) is 33.7. The number of aliphatic hydroxyl groups is 1. The van der Waals surface area contributed by atoms with Gasteiger partial charge >= 0.3 is 0 Å². The number of aromatic nitrogens is 2. The Morgan fingerprint density at radius 1 is 1.26 bits per heavy atom. The van der Waals surface area contributed by atoms with Crippen LogP contribution in [0.25, 0.3) is 6.58 Å². The molecule has 1 amide bonds. The van der Waals surface area contributed by atoms with Gasteiger partial charge in [-0.2, -0.15) is 0 Å². The number of carbonyl (C=O) groups is 1. The number of fused-ring (bicyclic) bond motifs is 2. The molecule has 2 aromatic rings. The Kier molecular flexibility index (Phi) is 8.68. The second-order valence-electron chi connectivity index (χ2n) is 9.51. The van der Waals surface area contributed by atoms with Crippen molar-refractivity contribution in [3.63, 3.8) is 0 Å². The van der Waals surface area contributed by atoms with Gasteiger partial charge in [0.15, 0.2) is 5.75 Å². The van der Waals surface area contributed by atoms with Crippen molar-refractivity contribution in [3.8, 4) is 5.75 Å². The molecule has 8 nitrogen and oxygen atoms in total. The smallest absolute Gasteiger partial charge is 0.274 e. The number of halogens is 1. The van der Waals surface area contributed by atoms with Crippen LogP contribution in [-0.2, 0) is 11.3 Å². The minimum atomic E-state index is -0.269. The molecule has 1 fully saturated rings. The maximum absolute atomic E-state index is 12.7. The Morgan fingerprint density at radius 2 is 2.06 bits per heavy atom. The fourth-order valence-corrected chi connectivity index (χ4v) is 5.28. The van der Waals surface area contributed by atoms with E-state index >= 15 is 0 Å². The molecule has 190 valence electrons. The van der Waals surface area contributed by atoms with E-state index < -0.39 is 0 Å². The average molecular weight is 503 g/mol. The van der Waals surface area contributed by atoms with Crippen LogP contribution < -0.4 is 21.3 Å². The van der Waals surface area contributed by atoms with Crippen LogP contribution in [-0.4, -0.2) is 51.8 Å². The fourth-order valence-electron chi connectivity index (χ4n) is 5.07. The van der Waals surface area contributed by atoms with E-state index in [0.717, 1.165) is 24.3 Å². The standard InChI is InChI=1S/C26H35ClN4O4/c1-18-25(34)29-26-28-23-20(17-31(18)26)11-12-21(27)24(23)35-16-6-10-22(33)30(14-15-32)13-5-4-9-19-7-2-3-8-19/h11-12,19,32H,1-10,13-17H2,(H,28,29,34). The number of nitrogens with one attached hydrogen (secondary N) is 1. The molecule has 0 saturated heterocycles. The number of nitrogens with zero attached hydrogens (tertiary/aromatic N) is 3. The lowest BCUT2D eigenvalue weighted by Crippen LogP contribution is -2.34. The molecule has 0 atom stereocenters. The minimum absolute atomic E-state index is 0.0308. The van der Waals surface area contributed by atoms with Crippen molar-refractivity contribution >= 4 is 29.8 Å². The number of unbranched alkanes of at least 4 members (excludes halogenated alkanes) is 1. The third-order valence-electron chi connectivity index (χ3n) is 7.05. The van der Waals surface area contributed by atoms with Gasteiger partial charge in [0.05, 0.1) is 24.8 Å². The molecule has 1 aliphatic carbocycles. The summed E-state index contributed by atoms with van der Waals surface area (Å²) >= 11 is 6.40. The van der Waals surface area contributed by atoms with Gasteiger partial charge < -0.3 is 19.3 Å². The van der Waals surface area contributed by atoms with Crippen LogP contribution in [0.15, 0.2) is 21.9 Å². The zero-order valence-electron chi connectivity index (χ0n) is 20.2. The monoisotopic (exact) mass is 502 g/mol. The third kappa shape index (κ3) is 6.16. The Bertz CT molecular complexity index is 1200. The molecular weight excluding hydrogens is 468 g/mol. The van der Waals surface area contributed by atoms with E-state index in [4.69, 9.17) is 16.3 Å². The highest BCUT2D eigenvalue weighted by atomic mass is 35.5. The van der Waals surface area contributed by atoms with E-state index in [0.29, 0.717) is 66.5 Å². The molecule has 1 aromatic heterocycles. The molecule has 1 aliphatic heterocycles. The molecule has 35 heavy (non-hydrogen) atoms. The first-order valence-corrected chi connectivity index (χ1v) is 13.0. The zero-order valence-corrected chi connectivity index (χ0v) is 21.0. The summed E-state index contributed by atoms with van der Waals surface area (Å²) < 4.78 is 7.70. The molecule has 4 rings (SSSR count). The first-order chi connectivity index (χ1) is 17.0. The highest BCUT2D eigenvalue weighted by Crippen LogP contribution is 2.39. The molecule has 1 aromatic carbocycles. The number of benzene rings is 1. The van der Waals surface area contributed by atoms with E-state index in [1.807, 2.05) is 6.07 Å². The van der Waals surface area contributed by atoms with Gasteiger partial charge in [0, 0.05) is 25.1 Å². The van der Waals surface area contributed by atoms with Crippen molar-refractivity contribution in [2.45, 2.75) is 64.3 Å². The van der Waals surface area contributed by atoms with Gasteiger partial charge in [0.2, 0.25) is 11.5 Å². The van der Waals surface area contributed by atoms with Crippen LogP contribution in [0.1, 0.15) is 63.4 Å². The number of ether oxygens (including phenoxy) is 1. The van der Waals surface area contributed by atoms with E-state index in [9.17, 15) is 14.7 Å². The van der Waals surface area contributed by atoms with Crippen molar-refractivity contribution in [2.24, 2.45) is 10.9 Å². The molecular formula is C26H35ClN4O4. The SMILES string of the molecule is C=c1c(=O)[nH]c2n1Cc1ccc(Cl)c(OCCCC(=O)N(CCO)CCCCC3CCCC3)c1N=2. The van der Waals surface area contributed by atoms with E-state index in [2.05, 4.69) is 16.6 Å². The highest BCUT2D eigenvalue weighted by Gasteiger charge is 2.20. The largest absolute Gasteiger partial charge is 0.490 e. The molecule has 0 radical (unpaired) electrons. The maximum Gasteiger partial charge on any atom is 0.274 e. The van der Waals surface area contributed by atoms with Crippen molar-refractivity contribution in [1.29, 1.82) is 0 Å². The summed E-state index contributed by atoms with van der Waals surface area (Å²) in [6.45, 7) is 5.59. The van der Waals surface area contributed by atoms with Gasteiger partial charge in [-0.1, -0.05) is 62.8 Å². The van der Waals surface area contributed by atoms with Crippen LogP contribution in [0.4, 0.5) is 5.69 Å². The molecule has 2 heterocycles. The number of hydrogen-bond acceptors (Lipinski definition) is 5.